The second kappa shape index (κ2) is 7.66. The molecule has 6 nitrogen and oxygen atoms in total. The van der Waals surface area contributed by atoms with Crippen molar-refractivity contribution in [2.45, 2.75) is 25.5 Å². The van der Waals surface area contributed by atoms with E-state index in [1.54, 1.807) is 4.90 Å². The smallest absolute Gasteiger partial charge is 0.322 e. The van der Waals surface area contributed by atoms with Crippen LogP contribution in [-0.2, 0) is 11.3 Å². The van der Waals surface area contributed by atoms with Crippen molar-refractivity contribution in [1.29, 1.82) is 0 Å². The lowest BCUT2D eigenvalue weighted by atomic mass is 10.1. The highest BCUT2D eigenvalue weighted by molar-refractivity contribution is 5.89. The number of fused-ring (bicyclic) bond motifs is 1. The second-order valence-corrected chi connectivity index (χ2v) is 6.50. The van der Waals surface area contributed by atoms with Crippen LogP contribution in [0.15, 0.2) is 48.5 Å². The number of nitrogens with zero attached hydrogens (tertiary/aromatic N) is 1. The van der Waals surface area contributed by atoms with Gasteiger partial charge < -0.3 is 24.4 Å². The van der Waals surface area contributed by atoms with E-state index in [-0.39, 0.29) is 18.9 Å². The molecule has 2 aromatic carbocycles. The van der Waals surface area contributed by atoms with Gasteiger partial charge in [-0.3, -0.25) is 0 Å². The highest BCUT2D eigenvalue weighted by atomic mass is 16.7. The van der Waals surface area contributed by atoms with E-state index in [1.165, 1.54) is 0 Å². The molecule has 0 aliphatic carbocycles. The number of urea groups is 1. The second-order valence-electron chi connectivity index (χ2n) is 6.50. The number of carbonyl (C=O) groups is 1. The van der Waals surface area contributed by atoms with Crippen molar-refractivity contribution < 1.29 is 19.0 Å². The zero-order chi connectivity index (χ0) is 17.8. The topological polar surface area (TPSA) is 60.0 Å². The molecular formula is C20H22N2O4. The summed E-state index contributed by atoms with van der Waals surface area (Å²) in [7, 11) is 0. The van der Waals surface area contributed by atoms with Gasteiger partial charge in [0.25, 0.3) is 0 Å². The molecule has 0 unspecified atom stereocenters. The van der Waals surface area contributed by atoms with Crippen LogP contribution in [0.4, 0.5) is 10.5 Å². The van der Waals surface area contributed by atoms with Crippen LogP contribution in [0.3, 0.4) is 0 Å². The Labute approximate surface area is 152 Å². The van der Waals surface area contributed by atoms with E-state index in [4.69, 9.17) is 14.2 Å². The molecule has 2 heterocycles. The summed E-state index contributed by atoms with van der Waals surface area (Å²) in [6, 6.07) is 15.1. The van der Waals surface area contributed by atoms with Crippen molar-refractivity contribution in [2.75, 3.05) is 25.3 Å². The number of hydrogen-bond donors (Lipinski definition) is 1. The summed E-state index contributed by atoms with van der Waals surface area (Å²) in [5, 5.41) is 2.96. The van der Waals surface area contributed by atoms with Crippen molar-refractivity contribution in [3.05, 3.63) is 54.1 Å². The SMILES string of the molecule is O=C(Nc1ccccc1)N(Cc1ccc2c(c1)OCO2)C[C@H]1CCCO1. The van der Waals surface area contributed by atoms with Gasteiger partial charge in [-0.05, 0) is 42.7 Å². The van der Waals surface area contributed by atoms with Crippen LogP contribution < -0.4 is 14.8 Å². The fourth-order valence-corrected chi connectivity index (χ4v) is 3.24. The van der Waals surface area contributed by atoms with E-state index in [0.717, 1.165) is 42.2 Å². The lowest BCUT2D eigenvalue weighted by Crippen LogP contribution is -2.39. The minimum absolute atomic E-state index is 0.0885. The first-order chi connectivity index (χ1) is 12.8. The minimum Gasteiger partial charge on any atom is -0.454 e. The summed E-state index contributed by atoms with van der Waals surface area (Å²) in [5.74, 6) is 1.47. The maximum atomic E-state index is 12.8. The van der Waals surface area contributed by atoms with Crippen molar-refractivity contribution in [3.63, 3.8) is 0 Å². The zero-order valence-corrected chi connectivity index (χ0v) is 14.5. The molecule has 1 N–H and O–H groups in total. The summed E-state index contributed by atoms with van der Waals surface area (Å²) in [5.41, 5.74) is 1.77. The summed E-state index contributed by atoms with van der Waals surface area (Å²) >= 11 is 0. The van der Waals surface area contributed by atoms with Crippen molar-refractivity contribution in [3.8, 4) is 11.5 Å². The first-order valence-electron chi connectivity index (χ1n) is 8.89. The standard InChI is InChI=1S/C20H22N2O4/c23-20(21-16-5-2-1-3-6-16)22(13-17-7-4-10-24-17)12-15-8-9-18-19(11-15)26-14-25-18/h1-3,5-6,8-9,11,17H,4,7,10,12-14H2,(H,21,23)/t17-/m1/s1. The molecule has 1 fully saturated rings. The average Bonchev–Trinajstić information content (AvgIpc) is 3.33. The Morgan fingerprint density at radius 3 is 2.77 bits per heavy atom. The third kappa shape index (κ3) is 3.91. The number of anilines is 1. The zero-order valence-electron chi connectivity index (χ0n) is 14.5. The number of carbonyl (C=O) groups excluding carboxylic acids is 1. The van der Waals surface area contributed by atoms with Crippen molar-refractivity contribution >= 4 is 11.7 Å². The maximum Gasteiger partial charge on any atom is 0.322 e. The molecule has 0 spiro atoms. The van der Waals surface area contributed by atoms with E-state index in [2.05, 4.69) is 5.32 Å². The lowest BCUT2D eigenvalue weighted by molar-refractivity contribution is 0.0819. The van der Waals surface area contributed by atoms with E-state index >= 15 is 0 Å². The molecule has 6 heteroatoms. The lowest BCUT2D eigenvalue weighted by Gasteiger charge is -2.26. The number of ether oxygens (including phenoxy) is 3. The third-order valence-electron chi connectivity index (χ3n) is 4.57. The van der Waals surface area contributed by atoms with E-state index in [1.807, 2.05) is 48.5 Å². The highest BCUT2D eigenvalue weighted by Gasteiger charge is 2.24. The van der Waals surface area contributed by atoms with Gasteiger partial charge >= 0.3 is 6.03 Å². The Morgan fingerprint density at radius 2 is 1.96 bits per heavy atom. The van der Waals surface area contributed by atoms with Gasteiger partial charge in [0.15, 0.2) is 11.5 Å². The molecule has 1 saturated heterocycles. The molecule has 136 valence electrons. The van der Waals surface area contributed by atoms with Crippen LogP contribution in [0.5, 0.6) is 11.5 Å². The molecule has 2 aliphatic rings. The van der Waals surface area contributed by atoms with Crippen molar-refractivity contribution in [1.82, 2.24) is 4.90 Å². The Kier molecular flexibility index (Phi) is 4.93. The summed E-state index contributed by atoms with van der Waals surface area (Å²) in [6.07, 6.45) is 2.12. The van der Waals surface area contributed by atoms with Crippen LogP contribution >= 0.6 is 0 Å². The predicted octanol–water partition coefficient (Wildman–Crippen LogP) is 3.63. The fourth-order valence-electron chi connectivity index (χ4n) is 3.24. The van der Waals surface area contributed by atoms with E-state index in [9.17, 15) is 4.79 Å². The van der Waals surface area contributed by atoms with Crippen LogP contribution in [0, 0.1) is 0 Å². The number of benzene rings is 2. The number of hydrogen-bond acceptors (Lipinski definition) is 4. The van der Waals surface area contributed by atoms with Crippen LogP contribution in [-0.4, -0.2) is 37.0 Å². The summed E-state index contributed by atoms with van der Waals surface area (Å²) in [4.78, 5) is 14.6. The predicted molar refractivity (Wildman–Crippen MR) is 97.4 cm³/mol. The fraction of sp³-hybridized carbons (Fsp3) is 0.350. The normalized spacial score (nSPS) is 17.9. The van der Waals surface area contributed by atoms with E-state index < -0.39 is 0 Å². The number of nitrogens with one attached hydrogen (secondary N) is 1. The van der Waals surface area contributed by atoms with Gasteiger partial charge in [-0.2, -0.15) is 0 Å². The molecular weight excluding hydrogens is 332 g/mol. The Balaban J connectivity index is 1.49. The molecule has 0 saturated carbocycles. The maximum absolute atomic E-state index is 12.8. The molecule has 2 aromatic rings. The third-order valence-corrected chi connectivity index (χ3v) is 4.57. The average molecular weight is 354 g/mol. The van der Waals surface area contributed by atoms with Gasteiger partial charge in [0.2, 0.25) is 6.79 Å². The molecule has 2 amide bonds. The number of para-hydroxylation sites is 1. The van der Waals surface area contributed by atoms with Gasteiger partial charge in [0.1, 0.15) is 0 Å². The monoisotopic (exact) mass is 354 g/mol. The van der Waals surface area contributed by atoms with Crippen LogP contribution in [0.25, 0.3) is 0 Å². The first kappa shape index (κ1) is 16.7. The van der Waals surface area contributed by atoms with Gasteiger partial charge in [-0.15, -0.1) is 0 Å². The molecule has 1 atom stereocenters. The summed E-state index contributed by atoms with van der Waals surface area (Å²) < 4.78 is 16.5. The number of rotatable bonds is 5. The van der Waals surface area contributed by atoms with Crippen molar-refractivity contribution in [2.24, 2.45) is 0 Å². The quantitative estimate of drug-likeness (QED) is 0.891. The van der Waals surface area contributed by atoms with Gasteiger partial charge in [0.05, 0.1) is 6.10 Å². The van der Waals surface area contributed by atoms with E-state index in [0.29, 0.717) is 13.1 Å². The van der Waals surface area contributed by atoms with Gasteiger partial charge in [-0.1, -0.05) is 24.3 Å². The van der Waals surface area contributed by atoms with Gasteiger partial charge in [-0.25, -0.2) is 4.79 Å². The first-order valence-corrected chi connectivity index (χ1v) is 8.89. The molecule has 2 aliphatic heterocycles. The molecule has 0 radical (unpaired) electrons. The Bertz CT molecular complexity index is 760. The Hall–Kier alpha value is -2.73. The molecule has 0 aromatic heterocycles. The molecule has 0 bridgehead atoms. The molecule has 26 heavy (non-hydrogen) atoms. The van der Waals surface area contributed by atoms with Crippen LogP contribution in [0.2, 0.25) is 0 Å². The van der Waals surface area contributed by atoms with Gasteiger partial charge in [0, 0.05) is 25.4 Å². The number of amides is 2. The largest absolute Gasteiger partial charge is 0.454 e. The minimum atomic E-state index is -0.135. The molecule has 4 rings (SSSR count). The van der Waals surface area contributed by atoms with Crippen LogP contribution in [0.1, 0.15) is 18.4 Å². The summed E-state index contributed by atoms with van der Waals surface area (Å²) in [6.45, 7) is 2.05. The Morgan fingerprint density at radius 1 is 1.12 bits per heavy atom. The highest BCUT2D eigenvalue weighted by Crippen LogP contribution is 2.33.